The van der Waals surface area contributed by atoms with E-state index in [1.165, 1.54) is 29.7 Å². The fourth-order valence-electron chi connectivity index (χ4n) is 4.39. The number of amides is 1. The van der Waals surface area contributed by atoms with Crippen molar-refractivity contribution in [1.82, 2.24) is 4.90 Å². The molecule has 0 aromatic heterocycles. The lowest BCUT2D eigenvalue weighted by atomic mass is 9.84. The van der Waals surface area contributed by atoms with Gasteiger partial charge in [0.25, 0.3) is 0 Å². The summed E-state index contributed by atoms with van der Waals surface area (Å²) in [6.07, 6.45) is 6.46. The summed E-state index contributed by atoms with van der Waals surface area (Å²) in [7, 11) is 0. The summed E-state index contributed by atoms with van der Waals surface area (Å²) >= 11 is 0. The van der Waals surface area contributed by atoms with E-state index in [9.17, 15) is 9.18 Å². The molecule has 2 nitrogen and oxygen atoms in total. The van der Waals surface area contributed by atoms with Crippen LogP contribution in [-0.4, -0.2) is 17.4 Å². The van der Waals surface area contributed by atoms with Crippen molar-refractivity contribution in [1.29, 1.82) is 0 Å². The van der Waals surface area contributed by atoms with Gasteiger partial charge in [-0.15, -0.1) is 0 Å². The third kappa shape index (κ3) is 3.20. The number of carbonyl (C=O) groups excluding carboxylic acids is 1. The van der Waals surface area contributed by atoms with Crippen LogP contribution in [0.25, 0.3) is 0 Å². The maximum absolute atomic E-state index is 13.4. The van der Waals surface area contributed by atoms with E-state index >= 15 is 0 Å². The van der Waals surface area contributed by atoms with Crippen molar-refractivity contribution in [2.75, 3.05) is 6.54 Å². The van der Waals surface area contributed by atoms with E-state index < -0.39 is 0 Å². The Hall–Kier alpha value is -2.16. The molecule has 0 saturated heterocycles. The van der Waals surface area contributed by atoms with Crippen molar-refractivity contribution in [3.8, 4) is 0 Å². The second-order valence-electron chi connectivity index (χ2n) is 7.27. The largest absolute Gasteiger partial charge is 0.331 e. The van der Waals surface area contributed by atoms with Crippen LogP contribution in [0.15, 0.2) is 48.5 Å². The summed E-state index contributed by atoms with van der Waals surface area (Å²) in [5, 5.41) is 0. The first-order valence-electron chi connectivity index (χ1n) is 9.38. The van der Waals surface area contributed by atoms with Crippen molar-refractivity contribution < 1.29 is 9.18 Å². The minimum absolute atomic E-state index is 0.0972. The molecule has 25 heavy (non-hydrogen) atoms. The molecule has 1 fully saturated rings. The molecule has 2 aliphatic rings. The summed E-state index contributed by atoms with van der Waals surface area (Å²) in [5.41, 5.74) is 3.48. The lowest BCUT2D eigenvalue weighted by Gasteiger charge is -2.40. The van der Waals surface area contributed by atoms with Gasteiger partial charge in [0.15, 0.2) is 0 Å². The van der Waals surface area contributed by atoms with Crippen molar-refractivity contribution in [2.45, 2.75) is 44.6 Å². The molecular weight excluding hydrogens is 313 g/mol. The van der Waals surface area contributed by atoms with E-state index in [0.29, 0.717) is 0 Å². The van der Waals surface area contributed by atoms with Crippen molar-refractivity contribution >= 4 is 5.91 Å². The van der Waals surface area contributed by atoms with Gasteiger partial charge in [0.2, 0.25) is 5.91 Å². The maximum atomic E-state index is 13.4. The number of hydrogen-bond acceptors (Lipinski definition) is 1. The Morgan fingerprint density at radius 2 is 1.68 bits per heavy atom. The van der Waals surface area contributed by atoms with Crippen LogP contribution < -0.4 is 0 Å². The van der Waals surface area contributed by atoms with Gasteiger partial charge in [-0.3, -0.25) is 4.79 Å². The topological polar surface area (TPSA) is 20.3 Å². The first kappa shape index (κ1) is 16.3. The predicted molar refractivity (Wildman–Crippen MR) is 96.7 cm³/mol. The average Bonchev–Trinajstić information content (AvgIpc) is 2.68. The number of benzene rings is 2. The van der Waals surface area contributed by atoms with Gasteiger partial charge in [-0.1, -0.05) is 55.7 Å². The van der Waals surface area contributed by atoms with E-state index in [0.717, 1.165) is 44.2 Å². The van der Waals surface area contributed by atoms with Gasteiger partial charge in [-0.2, -0.15) is 0 Å². The molecule has 0 unspecified atom stereocenters. The lowest BCUT2D eigenvalue weighted by molar-refractivity contribution is -0.138. The summed E-state index contributed by atoms with van der Waals surface area (Å²) in [4.78, 5) is 15.3. The molecule has 2 aromatic rings. The summed E-state index contributed by atoms with van der Waals surface area (Å²) < 4.78 is 13.4. The molecule has 0 bridgehead atoms. The minimum atomic E-state index is -0.238. The van der Waals surface area contributed by atoms with Gasteiger partial charge >= 0.3 is 0 Å². The molecular formula is C22H24FNO. The summed E-state index contributed by atoms with van der Waals surface area (Å²) in [6.45, 7) is 0.744. The summed E-state index contributed by atoms with van der Waals surface area (Å²) in [6, 6.07) is 14.9. The van der Waals surface area contributed by atoms with Crippen LogP contribution in [0.2, 0.25) is 0 Å². The Morgan fingerprint density at radius 1 is 0.960 bits per heavy atom. The van der Waals surface area contributed by atoms with Crippen molar-refractivity contribution in [2.24, 2.45) is 5.92 Å². The fourth-order valence-corrected chi connectivity index (χ4v) is 4.39. The molecule has 130 valence electrons. The Bertz CT molecular complexity index is 749. The smallest absolute Gasteiger partial charge is 0.226 e. The van der Waals surface area contributed by atoms with Crippen LogP contribution in [-0.2, 0) is 11.2 Å². The van der Waals surface area contributed by atoms with Gasteiger partial charge in [-0.25, -0.2) is 4.39 Å². The molecule has 0 spiro atoms. The quantitative estimate of drug-likeness (QED) is 0.765. The van der Waals surface area contributed by atoms with Crippen LogP contribution in [0.1, 0.15) is 54.8 Å². The molecule has 1 amide bonds. The molecule has 1 aliphatic heterocycles. The van der Waals surface area contributed by atoms with E-state index in [4.69, 9.17) is 0 Å². The Kier molecular flexibility index (Phi) is 4.56. The highest BCUT2D eigenvalue weighted by Crippen LogP contribution is 2.37. The molecule has 3 heteroatoms. The third-order valence-electron chi connectivity index (χ3n) is 5.71. The minimum Gasteiger partial charge on any atom is -0.331 e. The SMILES string of the molecule is O=C(C1CCCCC1)N1CCc2ccccc2[C@@H]1c1ccc(F)cc1. The molecule has 1 heterocycles. The second-order valence-corrected chi connectivity index (χ2v) is 7.27. The third-order valence-corrected chi connectivity index (χ3v) is 5.71. The molecule has 4 rings (SSSR count). The standard InChI is InChI=1S/C22H24FNO/c23-19-12-10-17(11-13-19)21-20-9-5-4-6-16(20)14-15-24(21)22(25)18-7-2-1-3-8-18/h4-6,9-13,18,21H,1-3,7-8,14-15H2/t21-/m0/s1. The number of nitrogens with zero attached hydrogens (tertiary/aromatic N) is 1. The highest BCUT2D eigenvalue weighted by atomic mass is 19.1. The Balaban J connectivity index is 1.72. The highest BCUT2D eigenvalue weighted by molar-refractivity contribution is 5.80. The monoisotopic (exact) mass is 337 g/mol. The normalized spacial score (nSPS) is 21.0. The van der Waals surface area contributed by atoms with E-state index in [1.54, 1.807) is 0 Å². The van der Waals surface area contributed by atoms with Gasteiger partial charge in [0.1, 0.15) is 5.82 Å². The molecule has 1 atom stereocenters. The van der Waals surface area contributed by atoms with Crippen molar-refractivity contribution in [3.63, 3.8) is 0 Å². The number of rotatable bonds is 2. The van der Waals surface area contributed by atoms with Gasteiger partial charge in [0.05, 0.1) is 6.04 Å². The zero-order valence-corrected chi connectivity index (χ0v) is 14.5. The average molecular weight is 337 g/mol. The zero-order valence-electron chi connectivity index (χ0n) is 14.5. The Labute approximate surface area is 148 Å². The Morgan fingerprint density at radius 3 is 2.44 bits per heavy atom. The first-order chi connectivity index (χ1) is 12.2. The van der Waals surface area contributed by atoms with Gasteiger partial charge < -0.3 is 4.90 Å². The fraction of sp³-hybridized carbons (Fsp3) is 0.409. The van der Waals surface area contributed by atoms with Gasteiger partial charge in [-0.05, 0) is 48.1 Å². The number of hydrogen-bond donors (Lipinski definition) is 0. The van der Waals surface area contributed by atoms with E-state index in [-0.39, 0.29) is 23.7 Å². The number of fused-ring (bicyclic) bond motifs is 1. The van der Waals surface area contributed by atoms with Crippen LogP contribution in [0.5, 0.6) is 0 Å². The molecule has 2 aromatic carbocycles. The highest BCUT2D eigenvalue weighted by Gasteiger charge is 2.35. The molecule has 1 saturated carbocycles. The first-order valence-corrected chi connectivity index (χ1v) is 9.38. The maximum Gasteiger partial charge on any atom is 0.226 e. The van der Waals surface area contributed by atoms with Crippen LogP contribution in [0.3, 0.4) is 0 Å². The van der Waals surface area contributed by atoms with Crippen molar-refractivity contribution in [3.05, 3.63) is 71.0 Å². The van der Waals surface area contributed by atoms with E-state index in [2.05, 4.69) is 18.2 Å². The van der Waals surface area contributed by atoms with Crippen LogP contribution in [0.4, 0.5) is 4.39 Å². The van der Waals surface area contributed by atoms with Crippen LogP contribution >= 0.6 is 0 Å². The second kappa shape index (κ2) is 6.99. The predicted octanol–water partition coefficient (Wildman–Crippen LogP) is 4.88. The molecule has 0 N–H and O–H groups in total. The van der Waals surface area contributed by atoms with E-state index in [1.807, 2.05) is 23.1 Å². The molecule has 1 aliphatic carbocycles. The molecule has 0 radical (unpaired) electrons. The van der Waals surface area contributed by atoms with Crippen LogP contribution in [0, 0.1) is 11.7 Å². The number of halogens is 1. The lowest BCUT2D eigenvalue weighted by Crippen LogP contribution is -2.44. The zero-order chi connectivity index (χ0) is 17.2. The summed E-state index contributed by atoms with van der Waals surface area (Å²) in [5.74, 6) is 0.198. The number of carbonyl (C=O) groups is 1. The van der Waals surface area contributed by atoms with Gasteiger partial charge in [0, 0.05) is 12.5 Å².